The van der Waals surface area contributed by atoms with Crippen molar-refractivity contribution in [1.82, 2.24) is 14.8 Å². The number of anilines is 2. The Morgan fingerprint density at radius 3 is 2.55 bits per heavy atom. The van der Waals surface area contributed by atoms with Crippen molar-refractivity contribution < 1.29 is 19.4 Å². The van der Waals surface area contributed by atoms with Crippen LogP contribution in [0.3, 0.4) is 0 Å². The lowest BCUT2D eigenvalue weighted by Gasteiger charge is -2.24. The van der Waals surface area contributed by atoms with E-state index < -0.39 is 5.97 Å². The molecule has 2 N–H and O–H groups in total. The van der Waals surface area contributed by atoms with E-state index in [4.69, 9.17) is 16.3 Å². The first-order valence-electron chi connectivity index (χ1n) is 10.3. The van der Waals surface area contributed by atoms with E-state index in [2.05, 4.69) is 20.7 Å². The van der Waals surface area contributed by atoms with Gasteiger partial charge >= 0.3 is 0 Å². The minimum atomic E-state index is -1.19. The molecule has 9 nitrogen and oxygen atoms in total. The number of nitrogens with one attached hydrogen (secondary N) is 2. The lowest BCUT2D eigenvalue weighted by atomic mass is 10.0. The van der Waals surface area contributed by atoms with Crippen molar-refractivity contribution in [2.75, 3.05) is 17.7 Å². The highest BCUT2D eigenvalue weighted by atomic mass is 35.5. The summed E-state index contributed by atoms with van der Waals surface area (Å²) < 4.78 is 6.94. The van der Waals surface area contributed by atoms with Gasteiger partial charge in [-0.1, -0.05) is 35.9 Å². The topological polar surface area (TPSA) is 121 Å². The molecule has 1 aliphatic rings. The first kappa shape index (κ1) is 22.3. The molecule has 170 valence electrons. The van der Waals surface area contributed by atoms with Gasteiger partial charge in [-0.25, -0.2) is 4.68 Å². The van der Waals surface area contributed by atoms with Crippen LogP contribution in [0.5, 0.6) is 5.75 Å². The van der Waals surface area contributed by atoms with Crippen molar-refractivity contribution in [2.24, 2.45) is 0 Å². The fourth-order valence-electron chi connectivity index (χ4n) is 3.46. The van der Waals surface area contributed by atoms with Gasteiger partial charge in [0.1, 0.15) is 11.8 Å². The molecule has 0 saturated heterocycles. The Bertz CT molecular complexity index is 1190. The first-order chi connectivity index (χ1) is 15.9. The number of amides is 1. The largest absolute Gasteiger partial charge is 0.550 e. The predicted octanol–water partition coefficient (Wildman–Crippen LogP) is 2.85. The molecule has 0 radical (unpaired) electrons. The smallest absolute Gasteiger partial charge is 0.250 e. The number of fused-ring (bicyclic) bond motifs is 1. The van der Waals surface area contributed by atoms with Crippen molar-refractivity contribution >= 4 is 41.1 Å². The average Bonchev–Trinajstić information content (AvgIpc) is 3.21. The number of carboxylic acid groups (broad SMARTS) is 1. The summed E-state index contributed by atoms with van der Waals surface area (Å²) in [5.74, 6) is -0.247. The molecule has 0 bridgehead atoms. The quantitative estimate of drug-likeness (QED) is 0.523. The summed E-state index contributed by atoms with van der Waals surface area (Å²) in [4.78, 5) is 27.1. The van der Waals surface area contributed by atoms with Gasteiger partial charge in [0.25, 0.3) is 5.95 Å². The second kappa shape index (κ2) is 9.74. The number of rotatable bonds is 8. The van der Waals surface area contributed by atoms with Crippen LogP contribution in [0.1, 0.15) is 36.4 Å². The molecule has 0 unspecified atom stereocenters. The van der Waals surface area contributed by atoms with Crippen molar-refractivity contribution in [3.63, 3.8) is 0 Å². The third-order valence-electron chi connectivity index (χ3n) is 5.11. The molecule has 1 atom stereocenters. The number of aromatic nitrogens is 3. The molecule has 0 spiro atoms. The molecule has 1 aliphatic heterocycles. The third kappa shape index (κ3) is 5.32. The van der Waals surface area contributed by atoms with Gasteiger partial charge in [-0.3, -0.25) is 10.1 Å². The Kier molecular flexibility index (Phi) is 6.60. The van der Waals surface area contributed by atoms with E-state index in [0.717, 1.165) is 22.6 Å². The van der Waals surface area contributed by atoms with Gasteiger partial charge in [0, 0.05) is 23.1 Å². The molecule has 2 aromatic carbocycles. The van der Waals surface area contributed by atoms with Gasteiger partial charge in [-0.05, 0) is 54.3 Å². The number of methoxy groups -OCH3 is 1. The molecule has 0 saturated carbocycles. The van der Waals surface area contributed by atoms with Crippen LogP contribution in [-0.4, -0.2) is 33.8 Å². The Balaban J connectivity index is 1.62. The summed E-state index contributed by atoms with van der Waals surface area (Å²) in [6.07, 6.45) is 2.03. The number of carbonyl (C=O) groups excluding carboxylic acids is 2. The molecule has 1 aromatic heterocycles. The molecular weight excluding hydrogens is 446 g/mol. The van der Waals surface area contributed by atoms with Crippen LogP contribution in [0, 0.1) is 0 Å². The fourth-order valence-corrected chi connectivity index (χ4v) is 3.59. The Morgan fingerprint density at radius 1 is 1.15 bits per heavy atom. The molecule has 33 heavy (non-hydrogen) atoms. The predicted molar refractivity (Wildman–Crippen MR) is 122 cm³/mol. The highest BCUT2D eigenvalue weighted by molar-refractivity contribution is 6.30. The zero-order valence-electron chi connectivity index (χ0n) is 17.7. The first-order valence-corrected chi connectivity index (χ1v) is 10.7. The van der Waals surface area contributed by atoms with Gasteiger partial charge in [-0.2, -0.15) is 4.98 Å². The van der Waals surface area contributed by atoms with Crippen molar-refractivity contribution in [1.29, 1.82) is 0 Å². The molecule has 4 rings (SSSR count). The van der Waals surface area contributed by atoms with Crippen molar-refractivity contribution in [2.45, 2.75) is 25.3 Å². The van der Waals surface area contributed by atoms with Gasteiger partial charge in [-0.15, -0.1) is 5.10 Å². The maximum absolute atomic E-state index is 12.2. The third-order valence-corrected chi connectivity index (χ3v) is 5.37. The SMILES string of the molecule is COc1ccc([C@H]2C=C(c3ccc(Cl)cc3)Nc3nc(NC(=O)CCCC(=O)[O-])nn32)cc1. The molecule has 3 aromatic rings. The van der Waals surface area contributed by atoms with Crippen molar-refractivity contribution in [3.8, 4) is 5.75 Å². The van der Waals surface area contributed by atoms with Gasteiger partial charge < -0.3 is 20.0 Å². The number of ether oxygens (including phenoxy) is 1. The standard InChI is InChI=1S/C23H22ClN5O4/c1-33-17-11-7-15(8-12-17)19-13-18(14-5-9-16(24)10-6-14)25-23-27-22(28-29(19)23)26-20(30)3-2-4-21(31)32/h5-13,19H,2-4H2,1H3,(H,31,32)(H2,25,26,27,28,30)/p-1/t19-/m1/s1. The summed E-state index contributed by atoms with van der Waals surface area (Å²) in [6.45, 7) is 0. The lowest BCUT2D eigenvalue weighted by Crippen LogP contribution is -2.22. The monoisotopic (exact) mass is 466 g/mol. The van der Waals surface area contributed by atoms with Gasteiger partial charge in [0.2, 0.25) is 11.9 Å². The molecule has 10 heteroatoms. The average molecular weight is 467 g/mol. The van der Waals surface area contributed by atoms with E-state index in [9.17, 15) is 14.7 Å². The van der Waals surface area contributed by atoms with E-state index in [-0.39, 0.29) is 37.2 Å². The lowest BCUT2D eigenvalue weighted by molar-refractivity contribution is -0.305. The minimum Gasteiger partial charge on any atom is -0.550 e. The Morgan fingerprint density at radius 2 is 1.88 bits per heavy atom. The molecule has 0 aliphatic carbocycles. The van der Waals surface area contributed by atoms with Gasteiger partial charge in [0.15, 0.2) is 0 Å². The summed E-state index contributed by atoms with van der Waals surface area (Å²) in [5, 5.41) is 21.5. The number of hydrogen-bond acceptors (Lipinski definition) is 7. The number of halogens is 1. The summed E-state index contributed by atoms with van der Waals surface area (Å²) >= 11 is 6.04. The van der Waals surface area contributed by atoms with Crippen LogP contribution in [0.25, 0.3) is 5.70 Å². The van der Waals surface area contributed by atoms with E-state index >= 15 is 0 Å². The molecule has 2 heterocycles. The maximum Gasteiger partial charge on any atom is 0.250 e. The number of aliphatic carboxylic acids is 1. The summed E-state index contributed by atoms with van der Waals surface area (Å²) in [7, 11) is 1.61. The normalized spacial score (nSPS) is 14.6. The number of benzene rings is 2. The van der Waals surface area contributed by atoms with Crippen LogP contribution < -0.4 is 20.5 Å². The highest BCUT2D eigenvalue weighted by Gasteiger charge is 2.26. The Hall–Kier alpha value is -3.85. The minimum absolute atomic E-state index is 0.0292. The zero-order chi connectivity index (χ0) is 23.4. The van der Waals surface area contributed by atoms with Crippen LogP contribution in [0.2, 0.25) is 5.02 Å². The van der Waals surface area contributed by atoms with E-state index in [0.29, 0.717) is 11.0 Å². The van der Waals surface area contributed by atoms with Crippen LogP contribution in [-0.2, 0) is 9.59 Å². The maximum atomic E-state index is 12.2. The number of carboxylic acids is 1. The fraction of sp³-hybridized carbons (Fsp3) is 0.217. The van der Waals surface area contributed by atoms with Crippen LogP contribution in [0.4, 0.5) is 11.9 Å². The van der Waals surface area contributed by atoms with E-state index in [1.807, 2.05) is 42.5 Å². The number of hydrogen-bond donors (Lipinski definition) is 2. The summed E-state index contributed by atoms with van der Waals surface area (Å²) in [5.41, 5.74) is 2.68. The second-order valence-corrected chi connectivity index (χ2v) is 7.84. The van der Waals surface area contributed by atoms with Crippen LogP contribution >= 0.6 is 11.6 Å². The second-order valence-electron chi connectivity index (χ2n) is 7.41. The molecule has 0 fully saturated rings. The summed E-state index contributed by atoms with van der Waals surface area (Å²) in [6, 6.07) is 14.7. The van der Waals surface area contributed by atoms with Crippen molar-refractivity contribution in [3.05, 3.63) is 70.8 Å². The number of allylic oxidation sites excluding steroid dienone is 1. The number of nitrogens with zero attached hydrogens (tertiary/aromatic N) is 3. The zero-order valence-corrected chi connectivity index (χ0v) is 18.5. The number of carbonyl (C=O) groups is 2. The molecule has 1 amide bonds. The molecular formula is C23H21ClN5O4-. The Labute approximate surface area is 195 Å². The van der Waals surface area contributed by atoms with E-state index in [1.54, 1.807) is 23.9 Å². The van der Waals surface area contributed by atoms with Gasteiger partial charge in [0.05, 0.1) is 7.11 Å². The van der Waals surface area contributed by atoms with Crippen LogP contribution in [0.15, 0.2) is 54.6 Å². The highest BCUT2D eigenvalue weighted by Crippen LogP contribution is 2.34. The van der Waals surface area contributed by atoms with E-state index in [1.165, 1.54) is 0 Å².